The number of hydrogen-bond donors (Lipinski definition) is 1. The summed E-state index contributed by atoms with van der Waals surface area (Å²) in [7, 11) is -2.79. The zero-order valence-corrected chi connectivity index (χ0v) is 12.7. The number of halogens is 3. The molecule has 0 spiro atoms. The molecule has 0 aliphatic carbocycles. The van der Waals surface area contributed by atoms with Crippen molar-refractivity contribution in [3.05, 3.63) is 40.3 Å². The summed E-state index contributed by atoms with van der Waals surface area (Å²) in [6.45, 7) is 0. The fraction of sp³-hybridized carbons (Fsp3) is 0.231. The highest BCUT2D eigenvalue weighted by Crippen LogP contribution is 2.36. The molecule has 124 valence electrons. The topological polar surface area (TPSA) is 89.3 Å². The van der Waals surface area contributed by atoms with Crippen LogP contribution in [0.3, 0.4) is 0 Å². The lowest BCUT2D eigenvalue weighted by molar-refractivity contribution is -0.137. The van der Waals surface area contributed by atoms with E-state index in [0.29, 0.717) is 12.1 Å². The Balaban J connectivity index is 2.84. The summed E-state index contributed by atoms with van der Waals surface area (Å²) in [5.41, 5.74) is -2.55. The van der Waals surface area contributed by atoms with Crippen LogP contribution in [0.25, 0.3) is 11.1 Å². The van der Waals surface area contributed by atoms with Crippen LogP contribution < -0.4 is 5.56 Å². The molecule has 2 rings (SSSR count). The third-order valence-corrected chi connectivity index (χ3v) is 4.25. The van der Waals surface area contributed by atoms with E-state index in [9.17, 15) is 31.5 Å². The van der Waals surface area contributed by atoms with Crippen molar-refractivity contribution >= 4 is 9.84 Å². The van der Waals surface area contributed by atoms with Gasteiger partial charge in [-0.25, -0.2) is 13.1 Å². The maximum atomic E-state index is 12.8. The first kappa shape index (κ1) is 17.0. The quantitative estimate of drug-likeness (QED) is 0.890. The number of aryl methyl sites for hydroxylation is 1. The fourth-order valence-electron chi connectivity index (χ4n) is 1.95. The highest BCUT2D eigenvalue weighted by atomic mass is 32.2. The van der Waals surface area contributed by atoms with E-state index in [4.69, 9.17) is 0 Å². The van der Waals surface area contributed by atoms with Gasteiger partial charge in [0.25, 0.3) is 0 Å². The molecular weight excluding hydrogens is 337 g/mol. The van der Waals surface area contributed by atoms with Crippen molar-refractivity contribution in [3.8, 4) is 16.9 Å². The molecule has 0 radical (unpaired) electrons. The lowest BCUT2D eigenvalue weighted by Gasteiger charge is -2.13. The first-order valence-electron chi connectivity index (χ1n) is 6.10. The minimum Gasteiger partial charge on any atom is -0.503 e. The van der Waals surface area contributed by atoms with Gasteiger partial charge < -0.3 is 5.11 Å². The zero-order chi connectivity index (χ0) is 17.6. The van der Waals surface area contributed by atoms with Crippen molar-refractivity contribution in [1.82, 2.24) is 9.78 Å². The number of benzene rings is 1. The number of aromatic nitrogens is 2. The Kier molecular flexibility index (Phi) is 3.97. The molecule has 0 aliphatic heterocycles. The minimum atomic E-state index is -4.73. The Morgan fingerprint density at radius 1 is 1.22 bits per heavy atom. The highest BCUT2D eigenvalue weighted by molar-refractivity contribution is 7.90. The van der Waals surface area contributed by atoms with E-state index in [0.717, 1.165) is 23.2 Å². The molecule has 0 bridgehead atoms. The highest BCUT2D eigenvalue weighted by Gasteiger charge is 2.32. The van der Waals surface area contributed by atoms with Crippen LogP contribution in [0.2, 0.25) is 0 Å². The number of aromatic hydroxyl groups is 1. The lowest BCUT2D eigenvalue weighted by Crippen LogP contribution is -2.19. The van der Waals surface area contributed by atoms with Gasteiger partial charge >= 0.3 is 11.7 Å². The fourth-order valence-corrected chi connectivity index (χ4v) is 2.87. The molecule has 1 aromatic heterocycles. The molecule has 0 fully saturated rings. The van der Waals surface area contributed by atoms with Crippen molar-refractivity contribution < 1.29 is 26.7 Å². The Labute approximate surface area is 128 Å². The summed E-state index contributed by atoms with van der Waals surface area (Å²) in [5.74, 6) is -0.799. The Hall–Kier alpha value is -2.36. The second-order valence-electron chi connectivity index (χ2n) is 4.82. The monoisotopic (exact) mass is 348 g/mol. The normalized spacial score (nSPS) is 12.4. The van der Waals surface area contributed by atoms with Gasteiger partial charge in [-0.15, -0.1) is 0 Å². The first-order chi connectivity index (χ1) is 10.4. The predicted molar refractivity (Wildman–Crippen MR) is 74.7 cm³/mol. The number of rotatable bonds is 2. The van der Waals surface area contributed by atoms with Crippen molar-refractivity contribution in [2.24, 2.45) is 7.05 Å². The number of nitrogens with zero attached hydrogens (tertiary/aromatic N) is 2. The van der Waals surface area contributed by atoms with Gasteiger partial charge in [0, 0.05) is 18.9 Å². The summed E-state index contributed by atoms with van der Waals surface area (Å²) in [6.07, 6.45) is -2.99. The van der Waals surface area contributed by atoms with E-state index in [1.54, 1.807) is 0 Å². The summed E-state index contributed by atoms with van der Waals surface area (Å²) in [5, 5.41) is 13.5. The third-order valence-electron chi connectivity index (χ3n) is 3.11. The van der Waals surface area contributed by atoms with Crippen LogP contribution in [-0.2, 0) is 23.1 Å². The van der Waals surface area contributed by atoms with Crippen molar-refractivity contribution in [1.29, 1.82) is 0 Å². The first-order valence-corrected chi connectivity index (χ1v) is 7.99. The predicted octanol–water partition coefficient (Wildman–Crippen LogP) is 1.58. The van der Waals surface area contributed by atoms with E-state index < -0.39 is 37.8 Å². The molecule has 1 N–H and O–H groups in total. The minimum absolute atomic E-state index is 0.233. The van der Waals surface area contributed by atoms with Crippen LogP contribution in [0.1, 0.15) is 5.56 Å². The molecule has 0 saturated carbocycles. The molecule has 0 amide bonds. The van der Waals surface area contributed by atoms with E-state index >= 15 is 0 Å². The maximum absolute atomic E-state index is 12.8. The second kappa shape index (κ2) is 5.37. The molecule has 1 heterocycles. The average molecular weight is 348 g/mol. The molecular formula is C13H11F3N2O4S. The number of hydrogen-bond acceptors (Lipinski definition) is 5. The molecule has 1 aromatic carbocycles. The van der Waals surface area contributed by atoms with Gasteiger partial charge in [0.1, 0.15) is 0 Å². The zero-order valence-electron chi connectivity index (χ0n) is 11.9. The van der Waals surface area contributed by atoms with Crippen LogP contribution in [0, 0.1) is 0 Å². The van der Waals surface area contributed by atoms with Gasteiger partial charge in [-0.1, -0.05) is 6.07 Å². The third kappa shape index (κ3) is 3.21. The molecule has 0 aliphatic rings. The van der Waals surface area contributed by atoms with E-state index in [1.165, 1.54) is 7.05 Å². The molecule has 10 heteroatoms. The second-order valence-corrected chi connectivity index (χ2v) is 6.80. The molecule has 23 heavy (non-hydrogen) atoms. The van der Waals surface area contributed by atoms with Gasteiger partial charge in [-0.05, 0) is 12.1 Å². The lowest BCUT2D eigenvalue weighted by atomic mass is 10.0. The van der Waals surface area contributed by atoms with Crippen LogP contribution in [0.15, 0.2) is 34.1 Å². The SMILES string of the molecule is Cn1ncc(-c2ccc(C(F)(F)F)cc2S(C)(=O)=O)c(O)c1=O. The summed E-state index contributed by atoms with van der Waals surface area (Å²) in [6, 6.07) is 2.01. The van der Waals surface area contributed by atoms with Gasteiger partial charge in [-0.3, -0.25) is 4.79 Å². The van der Waals surface area contributed by atoms with Crippen LogP contribution in [0.4, 0.5) is 13.2 Å². The Morgan fingerprint density at radius 3 is 2.35 bits per heavy atom. The maximum Gasteiger partial charge on any atom is 0.416 e. The van der Waals surface area contributed by atoms with Crippen LogP contribution >= 0.6 is 0 Å². The molecule has 2 aromatic rings. The number of alkyl halides is 3. The van der Waals surface area contributed by atoms with Gasteiger partial charge in [0.15, 0.2) is 15.6 Å². The average Bonchev–Trinajstić information content (AvgIpc) is 2.42. The smallest absolute Gasteiger partial charge is 0.416 e. The van der Waals surface area contributed by atoms with E-state index in [-0.39, 0.29) is 11.1 Å². The van der Waals surface area contributed by atoms with E-state index in [2.05, 4.69) is 5.10 Å². The standard InChI is InChI=1S/C13H11F3N2O4S/c1-18-12(20)11(19)9(6-17-18)8-4-3-7(13(14,15)16)5-10(8)23(2,21)22/h3-6,19H,1-2H3. The number of sulfone groups is 1. The van der Waals surface area contributed by atoms with Gasteiger partial charge in [-0.2, -0.15) is 18.3 Å². The molecule has 0 atom stereocenters. The molecule has 6 nitrogen and oxygen atoms in total. The Morgan fingerprint density at radius 2 is 1.83 bits per heavy atom. The summed E-state index contributed by atoms with van der Waals surface area (Å²) >= 11 is 0. The molecule has 0 unspecified atom stereocenters. The van der Waals surface area contributed by atoms with Gasteiger partial charge in [0.05, 0.1) is 22.2 Å². The van der Waals surface area contributed by atoms with Crippen LogP contribution in [-0.4, -0.2) is 29.6 Å². The van der Waals surface area contributed by atoms with E-state index in [1.807, 2.05) is 0 Å². The van der Waals surface area contributed by atoms with Crippen LogP contribution in [0.5, 0.6) is 5.75 Å². The largest absolute Gasteiger partial charge is 0.503 e. The molecule has 0 saturated heterocycles. The van der Waals surface area contributed by atoms with Crippen molar-refractivity contribution in [3.63, 3.8) is 0 Å². The Bertz CT molecular complexity index is 933. The van der Waals surface area contributed by atoms with Crippen molar-refractivity contribution in [2.45, 2.75) is 11.1 Å². The van der Waals surface area contributed by atoms with Gasteiger partial charge in [0.2, 0.25) is 0 Å². The van der Waals surface area contributed by atoms with Crippen molar-refractivity contribution in [2.75, 3.05) is 6.26 Å². The summed E-state index contributed by atoms with van der Waals surface area (Å²) < 4.78 is 62.8. The summed E-state index contributed by atoms with van der Waals surface area (Å²) in [4.78, 5) is 11.0.